The van der Waals surface area contributed by atoms with Gasteiger partial charge in [-0.2, -0.15) is 0 Å². The van der Waals surface area contributed by atoms with Crippen LogP contribution in [0.2, 0.25) is 0 Å². The number of methoxy groups -OCH3 is 1. The van der Waals surface area contributed by atoms with Crippen LogP contribution in [0.25, 0.3) is 0 Å². The fourth-order valence-electron chi connectivity index (χ4n) is 1.86. The van der Waals surface area contributed by atoms with Crippen molar-refractivity contribution in [2.75, 3.05) is 13.7 Å². The normalized spacial score (nSPS) is 18.1. The van der Waals surface area contributed by atoms with Gasteiger partial charge in [0, 0.05) is 6.54 Å². The van der Waals surface area contributed by atoms with Gasteiger partial charge in [0.05, 0.1) is 7.11 Å². The van der Waals surface area contributed by atoms with Gasteiger partial charge in [0.2, 0.25) is 5.91 Å². The molecule has 1 aliphatic carbocycles. The van der Waals surface area contributed by atoms with Gasteiger partial charge in [0.1, 0.15) is 5.41 Å². The molecule has 1 amide bonds. The van der Waals surface area contributed by atoms with Crippen molar-refractivity contribution in [1.82, 2.24) is 5.32 Å². The maximum absolute atomic E-state index is 12.1. The second kappa shape index (κ2) is 5.07. The molecule has 0 spiro atoms. The zero-order valence-electron chi connectivity index (χ0n) is 11.3. The summed E-state index contributed by atoms with van der Waals surface area (Å²) in [6.45, 7) is 6.88. The smallest absolute Gasteiger partial charge is 0.321 e. The van der Waals surface area contributed by atoms with Crippen LogP contribution in [-0.2, 0) is 14.3 Å². The van der Waals surface area contributed by atoms with Crippen molar-refractivity contribution < 1.29 is 14.3 Å². The summed E-state index contributed by atoms with van der Waals surface area (Å²) >= 11 is 0. The Hall–Kier alpha value is -1.06. The molecule has 0 saturated heterocycles. The highest BCUT2D eigenvalue weighted by Gasteiger charge is 2.51. The molecule has 1 saturated carbocycles. The third kappa shape index (κ3) is 2.79. The number of amides is 1. The molecular formula is C13H23NO3. The van der Waals surface area contributed by atoms with Gasteiger partial charge in [-0.25, -0.2) is 0 Å². The molecule has 98 valence electrons. The van der Waals surface area contributed by atoms with Gasteiger partial charge in [-0.05, 0) is 24.7 Å². The quantitative estimate of drug-likeness (QED) is 0.590. The third-order valence-corrected chi connectivity index (χ3v) is 3.90. The third-order valence-electron chi connectivity index (χ3n) is 3.90. The van der Waals surface area contributed by atoms with Crippen LogP contribution >= 0.6 is 0 Å². The van der Waals surface area contributed by atoms with Gasteiger partial charge in [-0.15, -0.1) is 0 Å². The fraction of sp³-hybridized carbons (Fsp3) is 0.846. The summed E-state index contributed by atoms with van der Waals surface area (Å²) in [5.74, 6) is -0.562. The first-order valence-electron chi connectivity index (χ1n) is 6.25. The maximum Gasteiger partial charge on any atom is 0.321 e. The predicted octanol–water partition coefficient (Wildman–Crippen LogP) is 1.88. The van der Waals surface area contributed by atoms with E-state index in [4.69, 9.17) is 4.74 Å². The standard InChI is InChI=1S/C13H23NO3/c1-5-12(2,3)9-14-10(15)13(7-6-8-13)11(16)17-4/h5-9H2,1-4H3,(H,14,15). The van der Waals surface area contributed by atoms with Crippen molar-refractivity contribution in [3.63, 3.8) is 0 Å². The maximum atomic E-state index is 12.1. The van der Waals surface area contributed by atoms with E-state index in [9.17, 15) is 9.59 Å². The SMILES string of the molecule is CCC(C)(C)CNC(=O)C1(C(=O)OC)CCC1. The summed E-state index contributed by atoms with van der Waals surface area (Å²) in [5, 5.41) is 2.89. The fourth-order valence-corrected chi connectivity index (χ4v) is 1.86. The van der Waals surface area contributed by atoms with Crippen LogP contribution in [0.15, 0.2) is 0 Å². The zero-order chi connectivity index (χ0) is 13.1. The number of hydrogen-bond donors (Lipinski definition) is 1. The molecule has 0 aromatic rings. The van der Waals surface area contributed by atoms with Gasteiger partial charge < -0.3 is 10.1 Å². The molecule has 4 nitrogen and oxygen atoms in total. The van der Waals surface area contributed by atoms with E-state index < -0.39 is 11.4 Å². The molecule has 0 atom stereocenters. The van der Waals surface area contributed by atoms with E-state index in [1.807, 2.05) is 0 Å². The van der Waals surface area contributed by atoms with Crippen LogP contribution in [0, 0.1) is 10.8 Å². The molecule has 1 aliphatic rings. The van der Waals surface area contributed by atoms with Gasteiger partial charge >= 0.3 is 5.97 Å². The molecular weight excluding hydrogens is 218 g/mol. The van der Waals surface area contributed by atoms with Gasteiger partial charge in [-0.3, -0.25) is 9.59 Å². The van der Waals surface area contributed by atoms with Crippen molar-refractivity contribution in [3.8, 4) is 0 Å². The largest absolute Gasteiger partial charge is 0.468 e. The molecule has 1 fully saturated rings. The van der Waals surface area contributed by atoms with Crippen molar-refractivity contribution in [2.45, 2.75) is 46.5 Å². The molecule has 1 rings (SSSR count). The van der Waals surface area contributed by atoms with Crippen LogP contribution in [0.4, 0.5) is 0 Å². The van der Waals surface area contributed by atoms with Crippen molar-refractivity contribution in [2.24, 2.45) is 10.8 Å². The highest BCUT2D eigenvalue weighted by molar-refractivity contribution is 6.03. The molecule has 0 bridgehead atoms. The first kappa shape index (κ1) is 14.0. The van der Waals surface area contributed by atoms with Gasteiger partial charge in [-0.1, -0.05) is 27.2 Å². The highest BCUT2D eigenvalue weighted by Crippen LogP contribution is 2.42. The number of esters is 1. The van der Waals surface area contributed by atoms with Crippen LogP contribution in [0.5, 0.6) is 0 Å². The van der Waals surface area contributed by atoms with Crippen LogP contribution in [0.1, 0.15) is 46.5 Å². The second-order valence-corrected chi connectivity index (χ2v) is 5.63. The summed E-state index contributed by atoms with van der Waals surface area (Å²) < 4.78 is 4.74. The second-order valence-electron chi connectivity index (χ2n) is 5.63. The lowest BCUT2D eigenvalue weighted by molar-refractivity contribution is -0.165. The van der Waals surface area contributed by atoms with E-state index in [-0.39, 0.29) is 11.3 Å². The highest BCUT2D eigenvalue weighted by atomic mass is 16.5. The molecule has 0 aromatic heterocycles. The lowest BCUT2D eigenvalue weighted by atomic mass is 9.68. The van der Waals surface area contributed by atoms with Crippen molar-refractivity contribution in [1.29, 1.82) is 0 Å². The van der Waals surface area contributed by atoms with Gasteiger partial charge in [0.25, 0.3) is 0 Å². The molecule has 0 aromatic carbocycles. The molecule has 17 heavy (non-hydrogen) atoms. The molecule has 1 N–H and O–H groups in total. The minimum atomic E-state index is -0.904. The predicted molar refractivity (Wildman–Crippen MR) is 65.4 cm³/mol. The lowest BCUT2D eigenvalue weighted by Gasteiger charge is -2.38. The number of ether oxygens (including phenoxy) is 1. The zero-order valence-corrected chi connectivity index (χ0v) is 11.3. The van der Waals surface area contributed by atoms with Gasteiger partial charge in [0.15, 0.2) is 0 Å². The lowest BCUT2D eigenvalue weighted by Crippen LogP contribution is -2.53. The van der Waals surface area contributed by atoms with E-state index >= 15 is 0 Å². The average Bonchev–Trinajstić information content (AvgIpc) is 2.24. The molecule has 0 aliphatic heterocycles. The van der Waals surface area contributed by atoms with E-state index in [2.05, 4.69) is 26.1 Å². The Kier molecular flexibility index (Phi) is 4.17. The monoisotopic (exact) mass is 241 g/mol. The molecule has 0 radical (unpaired) electrons. The summed E-state index contributed by atoms with van der Waals surface area (Å²) in [6.07, 6.45) is 3.12. The Morgan fingerprint density at radius 1 is 1.35 bits per heavy atom. The first-order valence-corrected chi connectivity index (χ1v) is 6.25. The number of nitrogens with one attached hydrogen (secondary N) is 1. The van der Waals surface area contributed by atoms with Crippen molar-refractivity contribution >= 4 is 11.9 Å². The van der Waals surface area contributed by atoms with Crippen LogP contribution in [0.3, 0.4) is 0 Å². The summed E-state index contributed by atoms with van der Waals surface area (Å²) in [4.78, 5) is 23.8. The van der Waals surface area contributed by atoms with E-state index in [0.717, 1.165) is 12.8 Å². The number of carbonyl (C=O) groups excluding carboxylic acids is 2. The minimum absolute atomic E-state index is 0.0662. The number of rotatable bonds is 5. The van der Waals surface area contributed by atoms with Crippen LogP contribution < -0.4 is 5.32 Å². The summed E-state index contributed by atoms with van der Waals surface area (Å²) in [7, 11) is 1.34. The summed E-state index contributed by atoms with van der Waals surface area (Å²) in [5.41, 5.74) is -0.838. The van der Waals surface area contributed by atoms with E-state index in [0.29, 0.717) is 19.4 Å². The number of hydrogen-bond acceptors (Lipinski definition) is 3. The Balaban J connectivity index is 2.60. The molecule has 0 heterocycles. The van der Waals surface area contributed by atoms with E-state index in [1.54, 1.807) is 0 Å². The Morgan fingerprint density at radius 2 is 1.94 bits per heavy atom. The molecule has 4 heteroatoms. The molecule has 0 unspecified atom stereocenters. The topological polar surface area (TPSA) is 55.4 Å². The first-order chi connectivity index (χ1) is 7.88. The average molecular weight is 241 g/mol. The Bertz CT molecular complexity index is 306. The van der Waals surface area contributed by atoms with E-state index in [1.165, 1.54) is 7.11 Å². The Labute approximate surface area is 103 Å². The number of carbonyl (C=O) groups is 2. The van der Waals surface area contributed by atoms with Crippen molar-refractivity contribution in [3.05, 3.63) is 0 Å². The summed E-state index contributed by atoms with van der Waals surface area (Å²) in [6, 6.07) is 0. The van der Waals surface area contributed by atoms with Crippen LogP contribution in [-0.4, -0.2) is 25.5 Å². The minimum Gasteiger partial charge on any atom is -0.468 e. The Morgan fingerprint density at radius 3 is 2.29 bits per heavy atom.